The Labute approximate surface area is 118 Å². The normalized spacial score (nSPS) is 13.2. The fraction of sp³-hybridized carbons (Fsp3) is 0.308. The molecule has 3 N–H and O–H groups in total. The van der Waals surface area contributed by atoms with Gasteiger partial charge >= 0.3 is 6.18 Å². The van der Waals surface area contributed by atoms with Gasteiger partial charge < -0.3 is 15.6 Å². The molecule has 2 aromatic rings. The van der Waals surface area contributed by atoms with Crippen molar-refractivity contribution in [2.75, 3.05) is 12.3 Å². The maximum atomic E-state index is 12.2. The highest BCUT2D eigenvalue weighted by atomic mass is 19.4. The second-order valence-corrected chi connectivity index (χ2v) is 4.43. The summed E-state index contributed by atoms with van der Waals surface area (Å²) >= 11 is 0. The molecule has 0 aliphatic rings. The van der Waals surface area contributed by atoms with Gasteiger partial charge in [0.1, 0.15) is 12.4 Å². The minimum absolute atomic E-state index is 0.0420. The molecule has 21 heavy (non-hydrogen) atoms. The molecule has 1 heterocycles. The number of nitrogens with two attached hydrogens (primary N) is 1. The molecule has 5 nitrogen and oxygen atoms in total. The van der Waals surface area contributed by atoms with Crippen LogP contribution in [0.1, 0.15) is 5.56 Å². The maximum absolute atomic E-state index is 12.2. The molecule has 2 rings (SSSR count). The number of anilines is 1. The number of hydrogen-bond donors (Lipinski definition) is 2. The van der Waals surface area contributed by atoms with Crippen molar-refractivity contribution >= 4 is 5.82 Å². The van der Waals surface area contributed by atoms with Crippen molar-refractivity contribution < 1.29 is 23.0 Å². The Kier molecular flexibility index (Phi) is 4.08. The first-order chi connectivity index (χ1) is 9.80. The topological polar surface area (TPSA) is 73.3 Å². The lowest BCUT2D eigenvalue weighted by atomic mass is 10.3. The largest absolute Gasteiger partial charge is 0.473 e. The van der Waals surface area contributed by atoms with Crippen molar-refractivity contribution in [1.82, 2.24) is 9.78 Å². The van der Waals surface area contributed by atoms with Crippen molar-refractivity contribution in [2.24, 2.45) is 0 Å². The van der Waals surface area contributed by atoms with Crippen LogP contribution in [0, 0.1) is 6.92 Å². The first-order valence-electron chi connectivity index (χ1n) is 6.09. The molecular formula is C13H14F3N3O2. The zero-order valence-corrected chi connectivity index (χ0v) is 11.1. The standard InChI is InChI=1S/C13H14F3N3O2/c1-8-11(17)19(9-5-3-2-4-6-9)18-12(8)21-7-10(20)13(14,15)16/h2-6,10,20H,7,17H2,1H3/t10-/m1/s1. The summed E-state index contributed by atoms with van der Waals surface area (Å²) in [6, 6.07) is 8.86. The lowest BCUT2D eigenvalue weighted by Gasteiger charge is -2.14. The lowest BCUT2D eigenvalue weighted by Crippen LogP contribution is -2.34. The number of aromatic nitrogens is 2. The second-order valence-electron chi connectivity index (χ2n) is 4.43. The molecule has 114 valence electrons. The lowest BCUT2D eigenvalue weighted by molar-refractivity contribution is -0.210. The van der Waals surface area contributed by atoms with Crippen LogP contribution in [0.5, 0.6) is 5.88 Å². The van der Waals surface area contributed by atoms with Gasteiger partial charge in [-0.2, -0.15) is 13.2 Å². The van der Waals surface area contributed by atoms with Crippen molar-refractivity contribution in [3.63, 3.8) is 0 Å². The van der Waals surface area contributed by atoms with Crippen LogP contribution in [-0.4, -0.2) is 33.8 Å². The highest BCUT2D eigenvalue weighted by molar-refractivity contribution is 5.51. The number of aliphatic hydroxyl groups excluding tert-OH is 1. The van der Waals surface area contributed by atoms with Crippen LogP contribution in [0.15, 0.2) is 30.3 Å². The summed E-state index contributed by atoms with van der Waals surface area (Å²) in [6.45, 7) is 0.645. The maximum Gasteiger partial charge on any atom is 0.417 e. The summed E-state index contributed by atoms with van der Waals surface area (Å²) in [5.41, 5.74) is 6.93. The quantitative estimate of drug-likeness (QED) is 0.906. The number of alkyl halides is 3. The molecule has 0 bridgehead atoms. The van der Waals surface area contributed by atoms with E-state index < -0.39 is 18.9 Å². The molecule has 0 saturated carbocycles. The highest BCUT2D eigenvalue weighted by Crippen LogP contribution is 2.27. The fourth-order valence-corrected chi connectivity index (χ4v) is 1.64. The summed E-state index contributed by atoms with van der Waals surface area (Å²) in [6.07, 6.45) is -7.30. The SMILES string of the molecule is Cc1c(OC[C@@H](O)C(F)(F)F)nn(-c2ccccc2)c1N. The predicted octanol–water partition coefficient (Wildman–Crippen LogP) is 2.06. The highest BCUT2D eigenvalue weighted by Gasteiger charge is 2.39. The van der Waals surface area contributed by atoms with E-state index in [2.05, 4.69) is 5.10 Å². The van der Waals surface area contributed by atoms with Crippen molar-refractivity contribution in [1.29, 1.82) is 0 Å². The number of ether oxygens (including phenoxy) is 1. The van der Waals surface area contributed by atoms with Crippen LogP contribution in [0.25, 0.3) is 5.69 Å². The van der Waals surface area contributed by atoms with E-state index in [0.29, 0.717) is 11.3 Å². The third kappa shape index (κ3) is 3.27. The molecule has 8 heteroatoms. The average Bonchev–Trinajstić information content (AvgIpc) is 2.72. The Bertz CT molecular complexity index is 611. The first-order valence-corrected chi connectivity index (χ1v) is 6.09. The number of nitrogens with zero attached hydrogens (tertiary/aromatic N) is 2. The Morgan fingerprint density at radius 2 is 1.95 bits per heavy atom. The molecule has 1 aromatic carbocycles. The first kappa shape index (κ1) is 15.2. The van der Waals surface area contributed by atoms with E-state index in [0.717, 1.165) is 0 Å². The zero-order chi connectivity index (χ0) is 15.6. The van der Waals surface area contributed by atoms with E-state index in [1.54, 1.807) is 31.2 Å². The number of aliphatic hydroxyl groups is 1. The summed E-state index contributed by atoms with van der Waals surface area (Å²) in [4.78, 5) is 0. The summed E-state index contributed by atoms with van der Waals surface area (Å²) in [5, 5.41) is 12.9. The molecule has 0 unspecified atom stereocenters. The molecule has 0 aliphatic heterocycles. The molecule has 0 saturated heterocycles. The molecule has 1 atom stereocenters. The Balaban J connectivity index is 2.19. The van der Waals surface area contributed by atoms with Gasteiger partial charge in [-0.1, -0.05) is 18.2 Å². The van der Waals surface area contributed by atoms with Gasteiger partial charge in [0.25, 0.3) is 0 Å². The number of benzene rings is 1. The minimum Gasteiger partial charge on any atom is -0.473 e. The Morgan fingerprint density at radius 3 is 2.52 bits per heavy atom. The van der Waals surface area contributed by atoms with Gasteiger partial charge in [-0.15, -0.1) is 5.10 Å². The van der Waals surface area contributed by atoms with Gasteiger partial charge in [-0.05, 0) is 19.1 Å². The summed E-state index contributed by atoms with van der Waals surface area (Å²) in [7, 11) is 0. The zero-order valence-electron chi connectivity index (χ0n) is 11.1. The molecule has 0 radical (unpaired) electrons. The summed E-state index contributed by atoms with van der Waals surface area (Å²) < 4.78 is 43.0. The predicted molar refractivity (Wildman–Crippen MR) is 70.3 cm³/mol. The Morgan fingerprint density at radius 1 is 1.33 bits per heavy atom. The van der Waals surface area contributed by atoms with Crippen molar-refractivity contribution in [3.8, 4) is 11.6 Å². The third-order valence-corrected chi connectivity index (χ3v) is 2.88. The molecular weight excluding hydrogens is 287 g/mol. The van der Waals surface area contributed by atoms with Gasteiger partial charge in [0.2, 0.25) is 5.88 Å². The van der Waals surface area contributed by atoms with Crippen LogP contribution in [0.3, 0.4) is 0 Å². The number of rotatable bonds is 4. The average molecular weight is 301 g/mol. The molecule has 1 aromatic heterocycles. The van der Waals surface area contributed by atoms with Crippen molar-refractivity contribution in [2.45, 2.75) is 19.2 Å². The van der Waals surface area contributed by atoms with Crippen molar-refractivity contribution in [3.05, 3.63) is 35.9 Å². The van der Waals surface area contributed by atoms with E-state index in [1.165, 1.54) is 4.68 Å². The van der Waals surface area contributed by atoms with Gasteiger partial charge in [-0.3, -0.25) is 0 Å². The minimum atomic E-state index is -4.73. The van der Waals surface area contributed by atoms with Crippen LogP contribution < -0.4 is 10.5 Å². The van der Waals surface area contributed by atoms with Gasteiger partial charge in [-0.25, -0.2) is 4.68 Å². The van der Waals surface area contributed by atoms with E-state index >= 15 is 0 Å². The number of nitrogen functional groups attached to an aromatic ring is 1. The number of halogens is 3. The van der Waals surface area contributed by atoms with Crippen LogP contribution in [0.2, 0.25) is 0 Å². The summed E-state index contributed by atoms with van der Waals surface area (Å²) in [5.74, 6) is 0.220. The van der Waals surface area contributed by atoms with E-state index in [-0.39, 0.29) is 11.7 Å². The van der Waals surface area contributed by atoms with Crippen LogP contribution >= 0.6 is 0 Å². The molecule has 0 spiro atoms. The molecule has 0 amide bonds. The van der Waals surface area contributed by atoms with Gasteiger partial charge in [0.05, 0.1) is 11.3 Å². The second kappa shape index (κ2) is 5.65. The van der Waals surface area contributed by atoms with E-state index in [4.69, 9.17) is 15.6 Å². The molecule has 0 fully saturated rings. The van der Waals surface area contributed by atoms with Gasteiger partial charge in [0.15, 0.2) is 6.10 Å². The van der Waals surface area contributed by atoms with Gasteiger partial charge in [0, 0.05) is 0 Å². The van der Waals surface area contributed by atoms with Crippen LogP contribution in [0.4, 0.5) is 19.0 Å². The van der Waals surface area contributed by atoms with E-state index in [9.17, 15) is 13.2 Å². The monoisotopic (exact) mass is 301 g/mol. The van der Waals surface area contributed by atoms with E-state index in [1.807, 2.05) is 6.07 Å². The smallest absolute Gasteiger partial charge is 0.417 e. The third-order valence-electron chi connectivity index (χ3n) is 2.88. The Hall–Kier alpha value is -2.22. The number of para-hydroxylation sites is 1. The van der Waals surface area contributed by atoms with Crippen LogP contribution in [-0.2, 0) is 0 Å². The number of hydrogen-bond acceptors (Lipinski definition) is 4. The molecule has 0 aliphatic carbocycles. The fourth-order valence-electron chi connectivity index (χ4n) is 1.64.